The highest BCUT2D eigenvalue weighted by atomic mass is 127. The Morgan fingerprint density at radius 2 is 1.93 bits per heavy atom. The minimum Gasteiger partial charge on any atom is -0.370 e. The highest BCUT2D eigenvalue weighted by Gasteiger charge is 2.11. The molecule has 0 saturated carbocycles. The molecule has 0 saturated heterocycles. The number of carbonyl (C=O) groups is 1. The Bertz CT molecular complexity index is 854. The number of aliphatic imine (C=N–C) groups is 1. The lowest BCUT2D eigenvalue weighted by molar-refractivity contribution is -0.116. The molecule has 5 nitrogen and oxygen atoms in total. The van der Waals surface area contributed by atoms with E-state index in [4.69, 9.17) is 5.73 Å². The van der Waals surface area contributed by atoms with E-state index in [1.807, 2.05) is 31.2 Å². The predicted molar refractivity (Wildman–Crippen MR) is 126 cm³/mol. The molecule has 0 radical (unpaired) electrons. The third kappa shape index (κ3) is 6.21. The first-order chi connectivity index (χ1) is 12.5. The summed E-state index contributed by atoms with van der Waals surface area (Å²) in [6.07, 6.45) is 3.77. The molecular weight excluding hydrogens is 519 g/mol. The van der Waals surface area contributed by atoms with Gasteiger partial charge in [-0.2, -0.15) is 0 Å². The van der Waals surface area contributed by atoms with Gasteiger partial charge in [-0.1, -0.05) is 28.1 Å². The SMILES string of the molecule is Cc1ccc(Br)cc1NC(=O)CCN=C(N)Nc1ccc2c(c1)CCC2.I. The number of nitrogens with one attached hydrogen (secondary N) is 2. The average Bonchev–Trinajstić information content (AvgIpc) is 3.06. The van der Waals surface area contributed by atoms with Crippen molar-refractivity contribution in [3.63, 3.8) is 0 Å². The zero-order chi connectivity index (χ0) is 18.5. The molecule has 7 heteroatoms. The van der Waals surface area contributed by atoms with Crippen molar-refractivity contribution in [2.24, 2.45) is 10.7 Å². The van der Waals surface area contributed by atoms with Gasteiger partial charge in [-0.15, -0.1) is 24.0 Å². The first kappa shape index (κ1) is 21.7. The van der Waals surface area contributed by atoms with Gasteiger partial charge in [0, 0.05) is 22.3 Å². The second-order valence-corrected chi connectivity index (χ2v) is 7.40. The maximum atomic E-state index is 12.1. The normalized spacial score (nSPS) is 12.9. The van der Waals surface area contributed by atoms with E-state index in [2.05, 4.69) is 43.7 Å². The maximum Gasteiger partial charge on any atom is 0.226 e. The molecule has 0 fully saturated rings. The summed E-state index contributed by atoms with van der Waals surface area (Å²) in [6, 6.07) is 12.1. The standard InChI is InChI=1S/C20H23BrN4O.HI/c1-13-5-7-16(21)12-18(13)25-19(26)9-10-23-20(22)24-17-8-6-14-3-2-4-15(14)11-17;/h5-8,11-12H,2-4,9-10H2,1H3,(H,25,26)(H3,22,23,24);1H. The van der Waals surface area contributed by atoms with Gasteiger partial charge in [0.2, 0.25) is 5.91 Å². The van der Waals surface area contributed by atoms with E-state index < -0.39 is 0 Å². The Labute approximate surface area is 185 Å². The Kier molecular flexibility index (Phi) is 8.09. The minimum atomic E-state index is -0.0831. The van der Waals surface area contributed by atoms with Crippen LogP contribution < -0.4 is 16.4 Å². The number of guanidine groups is 1. The summed E-state index contributed by atoms with van der Waals surface area (Å²) < 4.78 is 0.930. The molecule has 0 bridgehead atoms. The average molecular weight is 543 g/mol. The summed E-state index contributed by atoms with van der Waals surface area (Å²) in [6.45, 7) is 2.29. The van der Waals surface area contributed by atoms with E-state index in [-0.39, 0.29) is 36.3 Å². The highest BCUT2D eigenvalue weighted by Crippen LogP contribution is 2.24. The van der Waals surface area contributed by atoms with Crippen LogP contribution in [0.2, 0.25) is 0 Å². The van der Waals surface area contributed by atoms with Crippen LogP contribution in [0, 0.1) is 6.92 Å². The predicted octanol–water partition coefficient (Wildman–Crippen LogP) is 4.62. The van der Waals surface area contributed by atoms with Gasteiger partial charge in [-0.25, -0.2) is 0 Å². The summed E-state index contributed by atoms with van der Waals surface area (Å²) in [4.78, 5) is 16.3. The van der Waals surface area contributed by atoms with Crippen LogP contribution in [0.5, 0.6) is 0 Å². The third-order valence-corrected chi connectivity index (χ3v) is 4.96. The summed E-state index contributed by atoms with van der Waals surface area (Å²) >= 11 is 3.41. The van der Waals surface area contributed by atoms with Gasteiger partial charge >= 0.3 is 0 Å². The van der Waals surface area contributed by atoms with E-state index in [1.54, 1.807) is 0 Å². The summed E-state index contributed by atoms with van der Waals surface area (Å²) in [5.41, 5.74) is 11.5. The lowest BCUT2D eigenvalue weighted by Crippen LogP contribution is -2.23. The summed E-state index contributed by atoms with van der Waals surface area (Å²) in [7, 11) is 0. The van der Waals surface area contributed by atoms with Crippen molar-refractivity contribution in [1.29, 1.82) is 0 Å². The van der Waals surface area contributed by atoms with E-state index in [0.717, 1.165) is 34.3 Å². The van der Waals surface area contributed by atoms with Gasteiger partial charge in [-0.3, -0.25) is 9.79 Å². The van der Waals surface area contributed by atoms with Crippen molar-refractivity contribution in [3.05, 3.63) is 57.6 Å². The Balaban J connectivity index is 0.00000261. The molecule has 4 N–H and O–H groups in total. The van der Waals surface area contributed by atoms with E-state index >= 15 is 0 Å². The molecule has 2 aromatic rings. The van der Waals surface area contributed by atoms with Gasteiger partial charge in [0.05, 0.1) is 6.54 Å². The van der Waals surface area contributed by atoms with Crippen LogP contribution in [0.1, 0.15) is 29.5 Å². The number of anilines is 2. The Morgan fingerprint density at radius 3 is 2.74 bits per heavy atom. The summed E-state index contributed by atoms with van der Waals surface area (Å²) in [5, 5.41) is 6.00. The fourth-order valence-electron chi connectivity index (χ4n) is 3.06. The largest absolute Gasteiger partial charge is 0.370 e. The smallest absolute Gasteiger partial charge is 0.226 e. The van der Waals surface area contributed by atoms with Crippen LogP contribution in [-0.2, 0) is 17.6 Å². The molecule has 2 aromatic carbocycles. The number of hydrogen-bond donors (Lipinski definition) is 3. The number of rotatable bonds is 5. The second-order valence-electron chi connectivity index (χ2n) is 6.49. The van der Waals surface area contributed by atoms with Crippen LogP contribution in [0.3, 0.4) is 0 Å². The quantitative estimate of drug-likeness (QED) is 0.293. The van der Waals surface area contributed by atoms with Crippen molar-refractivity contribution >= 4 is 63.1 Å². The van der Waals surface area contributed by atoms with Crippen molar-refractivity contribution in [2.45, 2.75) is 32.6 Å². The Hall–Kier alpha value is -1.61. The molecule has 0 aliphatic heterocycles. The first-order valence-electron chi connectivity index (χ1n) is 8.76. The van der Waals surface area contributed by atoms with Crippen LogP contribution >= 0.6 is 39.9 Å². The van der Waals surface area contributed by atoms with Gasteiger partial charge in [0.25, 0.3) is 0 Å². The molecule has 144 valence electrons. The lowest BCUT2D eigenvalue weighted by atomic mass is 10.1. The van der Waals surface area contributed by atoms with E-state index in [1.165, 1.54) is 17.5 Å². The second kappa shape index (κ2) is 10.1. The summed E-state index contributed by atoms with van der Waals surface area (Å²) in [5.74, 6) is 0.245. The fourth-order valence-corrected chi connectivity index (χ4v) is 3.42. The third-order valence-electron chi connectivity index (χ3n) is 4.47. The van der Waals surface area contributed by atoms with Crippen molar-refractivity contribution in [1.82, 2.24) is 0 Å². The molecule has 0 atom stereocenters. The molecule has 0 unspecified atom stereocenters. The van der Waals surface area contributed by atoms with Crippen LogP contribution in [0.15, 0.2) is 45.9 Å². The molecule has 0 aromatic heterocycles. The zero-order valence-corrected chi connectivity index (χ0v) is 19.1. The van der Waals surface area contributed by atoms with Gasteiger partial charge in [-0.05, 0) is 67.1 Å². The van der Waals surface area contributed by atoms with E-state index in [9.17, 15) is 4.79 Å². The molecular formula is C20H24BrIN4O. The fraction of sp³-hybridized carbons (Fsp3) is 0.300. The van der Waals surface area contributed by atoms with Crippen LogP contribution in [-0.4, -0.2) is 18.4 Å². The molecule has 0 spiro atoms. The monoisotopic (exact) mass is 542 g/mol. The molecule has 0 heterocycles. The number of carbonyl (C=O) groups excluding carboxylic acids is 1. The molecule has 1 aliphatic rings. The van der Waals surface area contributed by atoms with Crippen molar-refractivity contribution < 1.29 is 4.79 Å². The highest BCUT2D eigenvalue weighted by molar-refractivity contribution is 14.0. The zero-order valence-electron chi connectivity index (χ0n) is 15.2. The lowest BCUT2D eigenvalue weighted by Gasteiger charge is -2.09. The number of halogens is 2. The molecule has 3 rings (SSSR count). The number of aryl methyl sites for hydroxylation is 3. The van der Waals surface area contributed by atoms with Crippen molar-refractivity contribution in [2.75, 3.05) is 17.2 Å². The van der Waals surface area contributed by atoms with Gasteiger partial charge < -0.3 is 16.4 Å². The minimum absolute atomic E-state index is 0. The number of nitrogens with zero attached hydrogens (tertiary/aromatic N) is 1. The first-order valence-corrected chi connectivity index (χ1v) is 9.55. The number of amides is 1. The Morgan fingerprint density at radius 1 is 1.15 bits per heavy atom. The number of benzene rings is 2. The maximum absolute atomic E-state index is 12.1. The van der Waals surface area contributed by atoms with E-state index in [0.29, 0.717) is 12.5 Å². The van der Waals surface area contributed by atoms with Crippen LogP contribution in [0.4, 0.5) is 11.4 Å². The van der Waals surface area contributed by atoms with Crippen LogP contribution in [0.25, 0.3) is 0 Å². The van der Waals surface area contributed by atoms with Gasteiger partial charge in [0.15, 0.2) is 5.96 Å². The molecule has 1 amide bonds. The molecule has 1 aliphatic carbocycles. The van der Waals surface area contributed by atoms with Crippen molar-refractivity contribution in [3.8, 4) is 0 Å². The number of fused-ring (bicyclic) bond motifs is 1. The number of nitrogens with two attached hydrogens (primary N) is 1. The van der Waals surface area contributed by atoms with Gasteiger partial charge in [0.1, 0.15) is 0 Å². The topological polar surface area (TPSA) is 79.5 Å². The molecule has 27 heavy (non-hydrogen) atoms. The number of hydrogen-bond acceptors (Lipinski definition) is 2.